The third-order valence-electron chi connectivity index (χ3n) is 4.47. The van der Waals surface area contributed by atoms with E-state index >= 15 is 0 Å². The predicted octanol–water partition coefficient (Wildman–Crippen LogP) is 3.87. The zero-order chi connectivity index (χ0) is 15.2. The Hall–Kier alpha value is -1.00. The number of rotatable bonds is 5. The summed E-state index contributed by atoms with van der Waals surface area (Å²) in [4.78, 5) is 2.30. The third kappa shape index (κ3) is 4.48. The van der Waals surface area contributed by atoms with Crippen molar-refractivity contribution in [1.29, 1.82) is 0 Å². The molecule has 2 unspecified atom stereocenters. The molecule has 0 bridgehead atoms. The van der Waals surface area contributed by atoms with Crippen LogP contribution in [0.5, 0.6) is 0 Å². The van der Waals surface area contributed by atoms with Crippen molar-refractivity contribution in [2.75, 3.05) is 19.6 Å². The maximum Gasteiger partial charge on any atom is 0.163 e. The van der Waals surface area contributed by atoms with Crippen LogP contribution in [0.2, 0.25) is 0 Å². The van der Waals surface area contributed by atoms with Gasteiger partial charge in [0.1, 0.15) is 0 Å². The van der Waals surface area contributed by atoms with Crippen molar-refractivity contribution in [3.05, 3.63) is 35.4 Å². The van der Waals surface area contributed by atoms with Crippen molar-refractivity contribution < 1.29 is 8.78 Å². The third-order valence-corrected chi connectivity index (χ3v) is 4.47. The molecule has 0 saturated carbocycles. The quantitative estimate of drug-likeness (QED) is 0.894. The molecule has 1 aromatic rings. The zero-order valence-electron chi connectivity index (χ0n) is 12.8. The normalized spacial score (nSPS) is 22.0. The summed E-state index contributed by atoms with van der Waals surface area (Å²) in [6.45, 7) is 4.84. The first kappa shape index (κ1) is 16.4. The molecule has 0 aromatic heterocycles. The van der Waals surface area contributed by atoms with Crippen molar-refractivity contribution in [3.63, 3.8) is 0 Å². The van der Waals surface area contributed by atoms with Crippen LogP contribution in [0.3, 0.4) is 0 Å². The topological polar surface area (TPSA) is 29.3 Å². The Labute approximate surface area is 126 Å². The first-order valence-corrected chi connectivity index (χ1v) is 8.03. The molecular formula is C17H26F2N2. The summed E-state index contributed by atoms with van der Waals surface area (Å²) in [7, 11) is 0. The van der Waals surface area contributed by atoms with E-state index in [4.69, 9.17) is 5.73 Å². The minimum absolute atomic E-state index is 0.282. The molecule has 2 rings (SSSR count). The van der Waals surface area contributed by atoms with Gasteiger partial charge in [0.15, 0.2) is 11.6 Å². The Balaban J connectivity index is 1.93. The second-order valence-corrected chi connectivity index (χ2v) is 6.14. The van der Waals surface area contributed by atoms with Crippen LogP contribution in [0, 0.1) is 17.6 Å². The van der Waals surface area contributed by atoms with Gasteiger partial charge in [0.2, 0.25) is 0 Å². The van der Waals surface area contributed by atoms with Crippen molar-refractivity contribution >= 4 is 0 Å². The molecule has 1 fully saturated rings. The van der Waals surface area contributed by atoms with Crippen LogP contribution in [-0.4, -0.2) is 24.5 Å². The lowest BCUT2D eigenvalue weighted by Gasteiger charge is -2.24. The molecule has 0 aliphatic carbocycles. The molecule has 2 nitrogen and oxygen atoms in total. The average molecular weight is 296 g/mol. The highest BCUT2D eigenvalue weighted by Gasteiger charge is 2.21. The molecule has 118 valence electrons. The second-order valence-electron chi connectivity index (χ2n) is 6.14. The van der Waals surface area contributed by atoms with Gasteiger partial charge in [-0.15, -0.1) is 0 Å². The molecule has 1 aromatic carbocycles. The highest BCUT2D eigenvalue weighted by Crippen LogP contribution is 2.24. The van der Waals surface area contributed by atoms with Crippen LogP contribution in [0.1, 0.15) is 50.6 Å². The predicted molar refractivity (Wildman–Crippen MR) is 82.0 cm³/mol. The lowest BCUT2D eigenvalue weighted by Crippen LogP contribution is -2.33. The van der Waals surface area contributed by atoms with Crippen LogP contribution >= 0.6 is 0 Å². The Kier molecular flexibility index (Phi) is 6.12. The summed E-state index contributed by atoms with van der Waals surface area (Å²) in [6.07, 6.45) is 6.15. The van der Waals surface area contributed by atoms with E-state index in [1.807, 2.05) is 0 Å². The van der Waals surface area contributed by atoms with Crippen LogP contribution in [0.15, 0.2) is 18.2 Å². The van der Waals surface area contributed by atoms with Gasteiger partial charge in [-0.3, -0.25) is 0 Å². The number of hydrogen-bond acceptors (Lipinski definition) is 2. The molecule has 21 heavy (non-hydrogen) atoms. The molecule has 2 atom stereocenters. The van der Waals surface area contributed by atoms with Gasteiger partial charge in [0, 0.05) is 18.2 Å². The Morgan fingerprint density at radius 2 is 2.10 bits per heavy atom. The van der Waals surface area contributed by atoms with Gasteiger partial charge in [-0.05, 0) is 44.3 Å². The number of benzene rings is 1. The van der Waals surface area contributed by atoms with Gasteiger partial charge in [0.25, 0.3) is 0 Å². The lowest BCUT2D eigenvalue weighted by molar-refractivity contribution is 0.260. The van der Waals surface area contributed by atoms with Crippen LogP contribution < -0.4 is 5.73 Å². The zero-order valence-corrected chi connectivity index (χ0v) is 12.8. The molecule has 2 N–H and O–H groups in total. The second kappa shape index (κ2) is 7.85. The minimum Gasteiger partial charge on any atom is -0.323 e. The fourth-order valence-corrected chi connectivity index (χ4v) is 3.29. The molecule has 1 heterocycles. The van der Waals surface area contributed by atoms with E-state index < -0.39 is 17.7 Å². The number of hydrogen-bond donors (Lipinski definition) is 1. The molecule has 0 amide bonds. The van der Waals surface area contributed by atoms with E-state index in [0.717, 1.165) is 25.1 Å². The van der Waals surface area contributed by atoms with Gasteiger partial charge in [-0.25, -0.2) is 8.78 Å². The van der Waals surface area contributed by atoms with E-state index in [1.165, 1.54) is 38.2 Å². The maximum absolute atomic E-state index is 13.8. The van der Waals surface area contributed by atoms with E-state index in [2.05, 4.69) is 11.8 Å². The Morgan fingerprint density at radius 3 is 2.86 bits per heavy atom. The van der Waals surface area contributed by atoms with Crippen molar-refractivity contribution in [1.82, 2.24) is 4.90 Å². The van der Waals surface area contributed by atoms with E-state index in [0.29, 0.717) is 6.54 Å². The van der Waals surface area contributed by atoms with Gasteiger partial charge in [-0.2, -0.15) is 0 Å². The smallest absolute Gasteiger partial charge is 0.163 e. The number of nitrogens with two attached hydrogens (primary N) is 1. The average Bonchev–Trinajstić information content (AvgIpc) is 2.68. The first-order chi connectivity index (χ1) is 10.1. The van der Waals surface area contributed by atoms with Crippen molar-refractivity contribution in [2.24, 2.45) is 11.7 Å². The first-order valence-electron chi connectivity index (χ1n) is 8.03. The monoisotopic (exact) mass is 296 g/mol. The lowest BCUT2D eigenvalue weighted by atomic mass is 9.96. The van der Waals surface area contributed by atoms with Gasteiger partial charge >= 0.3 is 0 Å². The van der Waals surface area contributed by atoms with Crippen LogP contribution in [0.4, 0.5) is 8.78 Å². The Morgan fingerprint density at radius 1 is 1.29 bits per heavy atom. The fraction of sp³-hybridized carbons (Fsp3) is 0.647. The molecule has 1 aliphatic heterocycles. The standard InChI is InChI=1S/C17H26F2N2/c1-2-5-13-6-4-10-21(11-9-13)12-16(20)14-7-3-8-15(18)17(14)19/h3,7-8,13,16H,2,4-6,9-12,20H2,1H3. The van der Waals surface area contributed by atoms with E-state index in [-0.39, 0.29) is 5.56 Å². The number of likely N-dealkylation sites (tertiary alicyclic amines) is 1. The SMILES string of the molecule is CCCC1CCCN(CC(N)c2cccc(F)c2F)CC1. The summed E-state index contributed by atoms with van der Waals surface area (Å²) < 4.78 is 27.1. The van der Waals surface area contributed by atoms with Crippen LogP contribution in [-0.2, 0) is 0 Å². The van der Waals surface area contributed by atoms with Crippen LogP contribution in [0.25, 0.3) is 0 Å². The summed E-state index contributed by atoms with van der Waals surface area (Å²) in [5.41, 5.74) is 6.37. The summed E-state index contributed by atoms with van der Waals surface area (Å²) >= 11 is 0. The summed E-state index contributed by atoms with van der Waals surface area (Å²) in [6, 6.07) is 3.77. The van der Waals surface area contributed by atoms with Crippen molar-refractivity contribution in [2.45, 2.75) is 45.1 Å². The highest BCUT2D eigenvalue weighted by molar-refractivity contribution is 5.22. The summed E-state index contributed by atoms with van der Waals surface area (Å²) in [5, 5.41) is 0. The fourth-order valence-electron chi connectivity index (χ4n) is 3.29. The van der Waals surface area contributed by atoms with Gasteiger partial charge < -0.3 is 10.6 Å². The van der Waals surface area contributed by atoms with E-state index in [1.54, 1.807) is 6.07 Å². The molecule has 0 radical (unpaired) electrons. The maximum atomic E-state index is 13.8. The Bertz CT molecular complexity index is 450. The molecule has 1 aliphatic rings. The largest absolute Gasteiger partial charge is 0.323 e. The van der Waals surface area contributed by atoms with Gasteiger partial charge in [-0.1, -0.05) is 31.9 Å². The minimum atomic E-state index is -0.818. The van der Waals surface area contributed by atoms with Gasteiger partial charge in [0.05, 0.1) is 0 Å². The number of halogens is 2. The van der Waals surface area contributed by atoms with Crippen molar-refractivity contribution in [3.8, 4) is 0 Å². The molecule has 0 spiro atoms. The molecule has 4 heteroatoms. The van der Waals surface area contributed by atoms with E-state index in [9.17, 15) is 8.78 Å². The molecule has 1 saturated heterocycles. The summed E-state index contributed by atoms with van der Waals surface area (Å²) in [5.74, 6) is -0.812. The number of nitrogens with zero attached hydrogens (tertiary/aromatic N) is 1. The molecular weight excluding hydrogens is 270 g/mol. The highest BCUT2D eigenvalue weighted by atomic mass is 19.2.